The van der Waals surface area contributed by atoms with Crippen LogP contribution in [0.25, 0.3) is 11.3 Å². The SMILES string of the molecule is O=C(Nc1nc(-c2cccnc2)cs1)N1CCN(c2ccccc2[N+](=O)[O-])CC1. The van der Waals surface area contributed by atoms with Crippen molar-refractivity contribution < 1.29 is 9.72 Å². The molecule has 29 heavy (non-hydrogen) atoms. The molecule has 0 saturated carbocycles. The Morgan fingerprint density at radius 3 is 2.66 bits per heavy atom. The number of amides is 2. The van der Waals surface area contributed by atoms with Gasteiger partial charge in [-0.1, -0.05) is 12.1 Å². The van der Waals surface area contributed by atoms with Gasteiger partial charge in [0.1, 0.15) is 5.69 Å². The Labute approximate surface area is 170 Å². The summed E-state index contributed by atoms with van der Waals surface area (Å²) in [6.45, 7) is 1.99. The highest BCUT2D eigenvalue weighted by molar-refractivity contribution is 7.14. The molecule has 2 aromatic heterocycles. The predicted octanol–water partition coefficient (Wildman–Crippen LogP) is 3.47. The molecule has 3 aromatic rings. The van der Waals surface area contributed by atoms with Gasteiger partial charge in [-0.2, -0.15) is 0 Å². The average molecular weight is 410 g/mol. The van der Waals surface area contributed by atoms with E-state index in [0.717, 1.165) is 11.3 Å². The van der Waals surface area contributed by atoms with Gasteiger partial charge in [0, 0.05) is 55.6 Å². The molecule has 1 aliphatic rings. The maximum absolute atomic E-state index is 12.6. The number of urea groups is 1. The maximum atomic E-state index is 12.6. The third-order valence-corrected chi connectivity index (χ3v) is 5.42. The number of pyridine rings is 1. The Morgan fingerprint density at radius 2 is 1.93 bits per heavy atom. The molecule has 0 aliphatic carbocycles. The van der Waals surface area contributed by atoms with Crippen molar-refractivity contribution in [2.24, 2.45) is 0 Å². The molecule has 1 aromatic carbocycles. The Kier molecular flexibility index (Phi) is 5.34. The number of nitrogens with one attached hydrogen (secondary N) is 1. The number of nitrogens with zero attached hydrogens (tertiary/aromatic N) is 5. The van der Waals surface area contributed by atoms with Gasteiger partial charge in [0.2, 0.25) is 0 Å². The lowest BCUT2D eigenvalue weighted by Gasteiger charge is -2.35. The minimum Gasteiger partial charge on any atom is -0.362 e. The molecule has 1 aliphatic heterocycles. The van der Waals surface area contributed by atoms with Gasteiger partial charge in [0.05, 0.1) is 10.6 Å². The summed E-state index contributed by atoms with van der Waals surface area (Å²) in [5.74, 6) is 0. The summed E-state index contributed by atoms with van der Waals surface area (Å²) in [6, 6.07) is 10.2. The zero-order valence-corrected chi connectivity index (χ0v) is 16.2. The molecule has 1 N–H and O–H groups in total. The first kappa shape index (κ1) is 18.8. The molecule has 2 amide bonds. The number of benzene rings is 1. The lowest BCUT2D eigenvalue weighted by molar-refractivity contribution is -0.384. The molecule has 9 nitrogen and oxygen atoms in total. The number of thiazole rings is 1. The van der Waals surface area contributed by atoms with E-state index in [4.69, 9.17) is 0 Å². The Morgan fingerprint density at radius 1 is 1.14 bits per heavy atom. The molecule has 148 valence electrons. The van der Waals surface area contributed by atoms with E-state index in [9.17, 15) is 14.9 Å². The van der Waals surface area contributed by atoms with Crippen LogP contribution >= 0.6 is 11.3 Å². The number of hydrogen-bond acceptors (Lipinski definition) is 7. The van der Waals surface area contributed by atoms with Gasteiger partial charge in [-0.3, -0.25) is 20.4 Å². The normalized spacial score (nSPS) is 13.9. The van der Waals surface area contributed by atoms with Crippen molar-refractivity contribution in [2.45, 2.75) is 0 Å². The second kappa shape index (κ2) is 8.23. The molecule has 0 spiro atoms. The zero-order valence-electron chi connectivity index (χ0n) is 15.4. The van der Waals surface area contributed by atoms with Crippen molar-refractivity contribution in [2.75, 3.05) is 36.4 Å². The summed E-state index contributed by atoms with van der Waals surface area (Å²) in [6.07, 6.45) is 3.42. The van der Waals surface area contributed by atoms with Crippen molar-refractivity contribution in [1.29, 1.82) is 0 Å². The van der Waals surface area contributed by atoms with Crippen molar-refractivity contribution in [3.63, 3.8) is 0 Å². The first-order chi connectivity index (χ1) is 14.1. The minimum absolute atomic E-state index is 0.0797. The third-order valence-electron chi connectivity index (χ3n) is 4.66. The maximum Gasteiger partial charge on any atom is 0.323 e. The predicted molar refractivity (Wildman–Crippen MR) is 111 cm³/mol. The number of carbonyl (C=O) groups is 1. The summed E-state index contributed by atoms with van der Waals surface area (Å²) in [5, 5.41) is 16.5. The number of nitro benzene ring substituents is 1. The highest BCUT2D eigenvalue weighted by Crippen LogP contribution is 2.29. The summed E-state index contributed by atoms with van der Waals surface area (Å²) in [4.78, 5) is 35.6. The molecule has 0 unspecified atom stereocenters. The van der Waals surface area contributed by atoms with E-state index in [1.165, 1.54) is 17.4 Å². The summed E-state index contributed by atoms with van der Waals surface area (Å²) in [7, 11) is 0. The molecule has 1 saturated heterocycles. The lowest BCUT2D eigenvalue weighted by atomic mass is 10.2. The molecule has 3 heterocycles. The molecule has 4 rings (SSSR count). The average Bonchev–Trinajstić information content (AvgIpc) is 3.23. The first-order valence-corrected chi connectivity index (χ1v) is 9.90. The molecule has 1 fully saturated rings. The number of carbonyl (C=O) groups excluding carboxylic acids is 1. The number of piperazine rings is 1. The van der Waals surface area contributed by atoms with Crippen molar-refractivity contribution >= 4 is 33.9 Å². The van der Waals surface area contributed by atoms with Gasteiger partial charge in [0.15, 0.2) is 5.13 Å². The molecular weight excluding hydrogens is 392 g/mol. The molecule has 0 atom stereocenters. The van der Waals surface area contributed by atoms with E-state index in [-0.39, 0.29) is 16.6 Å². The highest BCUT2D eigenvalue weighted by Gasteiger charge is 2.25. The van der Waals surface area contributed by atoms with Crippen LogP contribution in [0.3, 0.4) is 0 Å². The smallest absolute Gasteiger partial charge is 0.323 e. The number of aromatic nitrogens is 2. The van der Waals surface area contributed by atoms with Gasteiger partial charge in [-0.05, 0) is 18.2 Å². The Hall–Kier alpha value is -3.53. The van der Waals surface area contributed by atoms with Crippen molar-refractivity contribution in [1.82, 2.24) is 14.9 Å². The second-order valence-corrected chi connectivity index (χ2v) is 7.29. The monoisotopic (exact) mass is 410 g/mol. The topological polar surface area (TPSA) is 104 Å². The summed E-state index contributed by atoms with van der Waals surface area (Å²) >= 11 is 1.36. The van der Waals surface area contributed by atoms with Crippen LogP contribution in [-0.4, -0.2) is 52.0 Å². The van der Waals surface area contributed by atoms with E-state index in [1.54, 1.807) is 35.5 Å². The first-order valence-electron chi connectivity index (χ1n) is 9.02. The third kappa shape index (κ3) is 4.16. The largest absolute Gasteiger partial charge is 0.362 e. The number of hydrogen-bond donors (Lipinski definition) is 1. The van der Waals surface area contributed by atoms with E-state index < -0.39 is 0 Å². The van der Waals surface area contributed by atoms with E-state index >= 15 is 0 Å². The standard InChI is InChI=1S/C19H18N6O3S/c26-19(22-18-21-15(13-29-18)14-4-3-7-20-12-14)24-10-8-23(9-11-24)16-5-1-2-6-17(16)25(27)28/h1-7,12-13H,8-11H2,(H,21,22,26). The fraction of sp³-hybridized carbons (Fsp3) is 0.211. The minimum atomic E-state index is -0.378. The number of nitro groups is 1. The van der Waals surface area contributed by atoms with Crippen LogP contribution in [-0.2, 0) is 0 Å². The van der Waals surface area contributed by atoms with E-state index in [1.807, 2.05) is 22.4 Å². The Balaban J connectivity index is 1.36. The van der Waals surface area contributed by atoms with Gasteiger partial charge < -0.3 is 9.80 Å². The van der Waals surface area contributed by atoms with E-state index in [2.05, 4.69) is 15.3 Å². The van der Waals surface area contributed by atoms with Crippen LogP contribution < -0.4 is 10.2 Å². The number of anilines is 2. The number of rotatable bonds is 4. The van der Waals surface area contributed by atoms with Crippen LogP contribution in [0, 0.1) is 10.1 Å². The van der Waals surface area contributed by atoms with Gasteiger partial charge in [-0.25, -0.2) is 9.78 Å². The molecule has 10 heteroatoms. The molecule has 0 radical (unpaired) electrons. The van der Waals surface area contributed by atoms with Crippen LogP contribution in [0.15, 0.2) is 54.2 Å². The van der Waals surface area contributed by atoms with Crippen molar-refractivity contribution in [3.8, 4) is 11.3 Å². The molecule has 0 bridgehead atoms. The lowest BCUT2D eigenvalue weighted by Crippen LogP contribution is -2.50. The summed E-state index contributed by atoms with van der Waals surface area (Å²) in [5.41, 5.74) is 2.32. The van der Waals surface area contributed by atoms with Crippen molar-refractivity contribution in [3.05, 3.63) is 64.3 Å². The molecular formula is C19H18N6O3S. The van der Waals surface area contributed by atoms with Crippen LogP contribution in [0.5, 0.6) is 0 Å². The fourth-order valence-electron chi connectivity index (χ4n) is 3.18. The highest BCUT2D eigenvalue weighted by atomic mass is 32.1. The van der Waals surface area contributed by atoms with Crippen LogP contribution in [0.4, 0.5) is 21.3 Å². The van der Waals surface area contributed by atoms with Gasteiger partial charge in [-0.15, -0.1) is 11.3 Å². The Bertz CT molecular complexity index is 1020. The summed E-state index contributed by atoms with van der Waals surface area (Å²) < 4.78 is 0. The quantitative estimate of drug-likeness (QED) is 0.522. The fourth-order valence-corrected chi connectivity index (χ4v) is 3.89. The van der Waals surface area contributed by atoms with Gasteiger partial charge in [0.25, 0.3) is 5.69 Å². The van der Waals surface area contributed by atoms with Crippen LogP contribution in [0.1, 0.15) is 0 Å². The number of para-hydroxylation sites is 2. The van der Waals surface area contributed by atoms with Crippen LogP contribution in [0.2, 0.25) is 0 Å². The second-order valence-electron chi connectivity index (χ2n) is 6.43. The van der Waals surface area contributed by atoms with E-state index in [0.29, 0.717) is 37.0 Å². The zero-order chi connectivity index (χ0) is 20.2. The van der Waals surface area contributed by atoms with Gasteiger partial charge >= 0.3 is 6.03 Å².